The molecule has 0 aliphatic rings. The van der Waals surface area contributed by atoms with E-state index in [-0.39, 0.29) is 5.91 Å². The van der Waals surface area contributed by atoms with Gasteiger partial charge in [0.15, 0.2) is 0 Å². The number of hydrogen-bond acceptors (Lipinski definition) is 1. The van der Waals surface area contributed by atoms with Crippen LogP contribution in [0.1, 0.15) is 29.2 Å². The fourth-order valence-electron chi connectivity index (χ4n) is 2.22. The minimum absolute atomic E-state index is 0.0976. The third-order valence-electron chi connectivity index (χ3n) is 3.49. The van der Waals surface area contributed by atoms with Gasteiger partial charge in [-0.15, -0.1) is 0 Å². The lowest BCUT2D eigenvalue weighted by Crippen LogP contribution is -2.11. The molecule has 0 fully saturated rings. The molecule has 0 saturated heterocycles. The lowest BCUT2D eigenvalue weighted by molar-refractivity contribution is -0.111. The summed E-state index contributed by atoms with van der Waals surface area (Å²) in [5.74, 6) is -0.0976. The van der Waals surface area contributed by atoms with Gasteiger partial charge in [-0.05, 0) is 43.0 Å². The molecule has 0 atom stereocenters. The topological polar surface area (TPSA) is 29.1 Å². The molecule has 2 aromatic carbocycles. The van der Waals surface area contributed by atoms with Crippen LogP contribution in [0.5, 0.6) is 0 Å². The highest BCUT2D eigenvalue weighted by Crippen LogP contribution is 2.21. The smallest absolute Gasteiger partial charge is 0.248 e. The normalized spacial score (nSPS) is 10.8. The Bertz CT molecular complexity index is 654. The van der Waals surface area contributed by atoms with Gasteiger partial charge in [0.25, 0.3) is 0 Å². The maximum absolute atomic E-state index is 12.1. The van der Waals surface area contributed by atoms with Crippen molar-refractivity contribution in [3.05, 3.63) is 70.8 Å². The van der Waals surface area contributed by atoms with Crippen molar-refractivity contribution in [1.82, 2.24) is 0 Å². The second-order valence-electron chi connectivity index (χ2n) is 5.20. The van der Waals surface area contributed by atoms with Gasteiger partial charge >= 0.3 is 0 Å². The van der Waals surface area contributed by atoms with Crippen molar-refractivity contribution in [2.24, 2.45) is 0 Å². The molecule has 2 aromatic rings. The molecule has 1 N–H and O–H groups in total. The van der Waals surface area contributed by atoms with Gasteiger partial charge in [0, 0.05) is 11.8 Å². The number of amides is 1. The molecule has 0 aliphatic carbocycles. The summed E-state index contributed by atoms with van der Waals surface area (Å²) in [4.78, 5) is 12.1. The van der Waals surface area contributed by atoms with Gasteiger partial charge in [0.05, 0.1) is 0 Å². The largest absolute Gasteiger partial charge is 0.322 e. The highest BCUT2D eigenvalue weighted by molar-refractivity contribution is 6.02. The van der Waals surface area contributed by atoms with Gasteiger partial charge in [0.2, 0.25) is 5.91 Å². The van der Waals surface area contributed by atoms with Gasteiger partial charge in [-0.25, -0.2) is 0 Å². The lowest BCUT2D eigenvalue weighted by Gasteiger charge is -2.11. The highest BCUT2D eigenvalue weighted by Gasteiger charge is 2.06. The summed E-state index contributed by atoms with van der Waals surface area (Å²) in [5.41, 5.74) is 5.41. The molecule has 21 heavy (non-hydrogen) atoms. The second-order valence-corrected chi connectivity index (χ2v) is 5.20. The first-order chi connectivity index (χ1) is 10.1. The Morgan fingerprint density at radius 3 is 2.48 bits per heavy atom. The van der Waals surface area contributed by atoms with E-state index < -0.39 is 0 Å². The third kappa shape index (κ3) is 4.06. The Labute approximate surface area is 126 Å². The monoisotopic (exact) mass is 279 g/mol. The van der Waals surface area contributed by atoms with Crippen LogP contribution in [-0.2, 0) is 11.2 Å². The minimum Gasteiger partial charge on any atom is -0.322 e. The maximum atomic E-state index is 12.1. The van der Waals surface area contributed by atoms with Gasteiger partial charge in [-0.2, -0.15) is 0 Å². The SMILES string of the molecule is CCc1cccc(C)c1NC(=O)/C=C/c1ccc(C)cc1. The first kappa shape index (κ1) is 15.0. The standard InChI is InChI=1S/C19H21NO/c1-4-17-7-5-6-15(3)19(17)20-18(21)13-12-16-10-8-14(2)9-11-16/h5-13H,4H2,1-3H3,(H,20,21)/b13-12+. The van der Waals surface area contributed by atoms with Gasteiger partial charge in [-0.1, -0.05) is 55.0 Å². The van der Waals surface area contributed by atoms with Crippen LogP contribution >= 0.6 is 0 Å². The van der Waals surface area contributed by atoms with E-state index in [0.717, 1.165) is 28.8 Å². The van der Waals surface area contributed by atoms with Gasteiger partial charge in [0.1, 0.15) is 0 Å². The maximum Gasteiger partial charge on any atom is 0.248 e. The van der Waals surface area contributed by atoms with Crippen molar-refractivity contribution in [2.75, 3.05) is 5.32 Å². The van der Waals surface area contributed by atoms with E-state index in [1.807, 2.05) is 62.4 Å². The average molecular weight is 279 g/mol. The van der Waals surface area contributed by atoms with Crippen LogP contribution in [0.2, 0.25) is 0 Å². The van der Waals surface area contributed by atoms with Crippen molar-refractivity contribution >= 4 is 17.7 Å². The van der Waals surface area contributed by atoms with Gasteiger partial charge in [-0.3, -0.25) is 4.79 Å². The Kier molecular flexibility index (Phi) is 4.94. The molecule has 0 heterocycles. The number of benzene rings is 2. The number of carbonyl (C=O) groups excluding carboxylic acids is 1. The summed E-state index contributed by atoms with van der Waals surface area (Å²) in [6, 6.07) is 14.2. The minimum atomic E-state index is -0.0976. The quantitative estimate of drug-likeness (QED) is 0.819. The molecule has 0 radical (unpaired) electrons. The molecular weight excluding hydrogens is 258 g/mol. The van der Waals surface area contributed by atoms with E-state index in [1.165, 1.54) is 5.56 Å². The molecule has 2 rings (SSSR count). The summed E-state index contributed by atoms with van der Waals surface area (Å²) in [6.07, 6.45) is 4.31. The zero-order chi connectivity index (χ0) is 15.2. The average Bonchev–Trinajstić information content (AvgIpc) is 2.49. The Balaban J connectivity index is 2.10. The van der Waals surface area contributed by atoms with E-state index in [4.69, 9.17) is 0 Å². The van der Waals surface area contributed by atoms with E-state index >= 15 is 0 Å². The molecule has 0 bridgehead atoms. The Morgan fingerprint density at radius 2 is 1.81 bits per heavy atom. The molecular formula is C19H21NO. The van der Waals surface area contributed by atoms with E-state index in [0.29, 0.717) is 0 Å². The predicted octanol–water partition coefficient (Wildman–Crippen LogP) is 4.52. The van der Waals surface area contributed by atoms with Crippen molar-refractivity contribution in [3.8, 4) is 0 Å². The molecule has 2 nitrogen and oxygen atoms in total. The molecule has 0 aliphatic heterocycles. The summed E-state index contributed by atoms with van der Waals surface area (Å²) in [7, 11) is 0. The number of para-hydroxylation sites is 1. The molecule has 1 amide bonds. The predicted molar refractivity (Wildman–Crippen MR) is 89.4 cm³/mol. The van der Waals surface area contributed by atoms with E-state index in [9.17, 15) is 4.79 Å². The van der Waals surface area contributed by atoms with Crippen LogP contribution in [0, 0.1) is 13.8 Å². The van der Waals surface area contributed by atoms with Crippen LogP contribution in [0.15, 0.2) is 48.5 Å². The molecule has 0 spiro atoms. The first-order valence-corrected chi connectivity index (χ1v) is 7.24. The van der Waals surface area contributed by atoms with Crippen molar-refractivity contribution in [2.45, 2.75) is 27.2 Å². The van der Waals surface area contributed by atoms with E-state index in [2.05, 4.69) is 12.2 Å². The molecule has 0 saturated carbocycles. The van der Waals surface area contributed by atoms with Crippen LogP contribution in [-0.4, -0.2) is 5.91 Å². The fourth-order valence-corrected chi connectivity index (χ4v) is 2.22. The van der Waals surface area contributed by atoms with Crippen LogP contribution in [0.4, 0.5) is 5.69 Å². The first-order valence-electron chi connectivity index (χ1n) is 7.24. The van der Waals surface area contributed by atoms with Crippen LogP contribution in [0.3, 0.4) is 0 Å². The van der Waals surface area contributed by atoms with Crippen LogP contribution < -0.4 is 5.32 Å². The van der Waals surface area contributed by atoms with Crippen LogP contribution in [0.25, 0.3) is 6.08 Å². The highest BCUT2D eigenvalue weighted by atomic mass is 16.1. The zero-order valence-electron chi connectivity index (χ0n) is 12.8. The fraction of sp³-hybridized carbons (Fsp3) is 0.211. The Hall–Kier alpha value is -2.35. The number of hydrogen-bond donors (Lipinski definition) is 1. The summed E-state index contributed by atoms with van der Waals surface area (Å²) in [5, 5.41) is 2.99. The molecule has 108 valence electrons. The number of anilines is 1. The summed E-state index contributed by atoms with van der Waals surface area (Å²) in [6.45, 7) is 6.15. The number of nitrogens with one attached hydrogen (secondary N) is 1. The van der Waals surface area contributed by atoms with Crippen molar-refractivity contribution in [3.63, 3.8) is 0 Å². The molecule has 0 unspecified atom stereocenters. The summed E-state index contributed by atoms with van der Waals surface area (Å²) >= 11 is 0. The molecule has 0 aromatic heterocycles. The molecule has 2 heteroatoms. The number of rotatable bonds is 4. The van der Waals surface area contributed by atoms with E-state index in [1.54, 1.807) is 6.08 Å². The second kappa shape index (κ2) is 6.89. The van der Waals surface area contributed by atoms with Gasteiger partial charge < -0.3 is 5.32 Å². The lowest BCUT2D eigenvalue weighted by atomic mass is 10.1. The summed E-state index contributed by atoms with van der Waals surface area (Å²) < 4.78 is 0. The third-order valence-corrected chi connectivity index (χ3v) is 3.49. The van der Waals surface area contributed by atoms with Crippen molar-refractivity contribution in [1.29, 1.82) is 0 Å². The Morgan fingerprint density at radius 1 is 1.10 bits per heavy atom. The van der Waals surface area contributed by atoms with Crippen molar-refractivity contribution < 1.29 is 4.79 Å². The zero-order valence-corrected chi connectivity index (χ0v) is 12.8. The number of aryl methyl sites for hydroxylation is 3. The number of carbonyl (C=O) groups is 1.